The Morgan fingerprint density at radius 1 is 0.810 bits per heavy atom. The Kier molecular flexibility index (Phi) is 4.10. The zero-order valence-corrected chi connectivity index (χ0v) is 11.9. The Morgan fingerprint density at radius 3 is 1.81 bits per heavy atom. The highest BCUT2D eigenvalue weighted by Gasteiger charge is 2.33. The molecule has 2 rings (SSSR count). The van der Waals surface area contributed by atoms with Gasteiger partial charge in [0.1, 0.15) is 0 Å². The van der Waals surface area contributed by atoms with Crippen molar-refractivity contribution in [1.82, 2.24) is 0 Å². The van der Waals surface area contributed by atoms with Gasteiger partial charge in [-0.15, -0.1) is 0 Å². The van der Waals surface area contributed by atoms with Gasteiger partial charge in [-0.3, -0.25) is 0 Å². The highest BCUT2D eigenvalue weighted by Crippen LogP contribution is 2.37. The number of rotatable bonds is 3. The second-order valence-electron chi connectivity index (χ2n) is 5.61. The van der Waals surface area contributed by atoms with Crippen molar-refractivity contribution in [1.29, 1.82) is 0 Å². The van der Waals surface area contributed by atoms with Gasteiger partial charge >= 0.3 is 6.18 Å². The number of benzene rings is 2. The minimum atomic E-state index is -4.36. The lowest BCUT2D eigenvalue weighted by Crippen LogP contribution is -2.26. The highest BCUT2D eigenvalue weighted by molar-refractivity contribution is 5.32. The van der Waals surface area contributed by atoms with Crippen LogP contribution < -0.4 is 0 Å². The van der Waals surface area contributed by atoms with Gasteiger partial charge in [0.25, 0.3) is 0 Å². The van der Waals surface area contributed by atoms with Crippen LogP contribution in [0.5, 0.6) is 0 Å². The summed E-state index contributed by atoms with van der Waals surface area (Å²) in [6, 6.07) is 14.1. The molecule has 0 saturated heterocycles. The monoisotopic (exact) mass is 294 g/mol. The van der Waals surface area contributed by atoms with Crippen molar-refractivity contribution in [3.05, 3.63) is 71.3 Å². The molecule has 2 aromatic rings. The molecule has 0 spiro atoms. The fourth-order valence-electron chi connectivity index (χ4n) is 2.30. The Labute approximate surface area is 122 Å². The van der Waals surface area contributed by atoms with Gasteiger partial charge in [-0.2, -0.15) is 13.2 Å². The van der Waals surface area contributed by atoms with Gasteiger partial charge in [-0.25, -0.2) is 0 Å². The van der Waals surface area contributed by atoms with Gasteiger partial charge in [-0.1, -0.05) is 56.3 Å². The molecule has 1 atom stereocenters. The highest BCUT2D eigenvalue weighted by atomic mass is 19.4. The second kappa shape index (κ2) is 5.53. The third-order valence-corrected chi connectivity index (χ3v) is 3.76. The van der Waals surface area contributed by atoms with Crippen LogP contribution in [0.1, 0.15) is 36.6 Å². The summed E-state index contributed by atoms with van der Waals surface area (Å²) in [6.07, 6.45) is -5.25. The van der Waals surface area contributed by atoms with Crippen molar-refractivity contribution >= 4 is 0 Å². The van der Waals surface area contributed by atoms with Crippen LogP contribution in [-0.2, 0) is 11.6 Å². The molecule has 0 aliphatic rings. The third kappa shape index (κ3) is 3.27. The molecule has 21 heavy (non-hydrogen) atoms. The molecule has 1 nitrogen and oxygen atoms in total. The van der Waals surface area contributed by atoms with E-state index in [-0.39, 0.29) is 0 Å². The van der Waals surface area contributed by atoms with E-state index in [0.717, 1.165) is 17.7 Å². The smallest absolute Gasteiger partial charge is 0.388 e. The molecule has 0 aromatic heterocycles. The lowest BCUT2D eigenvalue weighted by Gasteiger charge is -2.31. The second-order valence-corrected chi connectivity index (χ2v) is 5.61. The number of aliphatic hydroxyl groups is 1. The first-order chi connectivity index (χ1) is 9.73. The maximum atomic E-state index is 12.6. The van der Waals surface area contributed by atoms with Crippen LogP contribution in [0, 0.1) is 0 Å². The van der Waals surface area contributed by atoms with E-state index in [1.807, 2.05) is 44.2 Å². The lowest BCUT2D eigenvalue weighted by molar-refractivity contribution is -0.137. The van der Waals surface area contributed by atoms with Crippen LogP contribution in [-0.4, -0.2) is 5.11 Å². The SMILES string of the molecule is CC(C)(c1ccccc1)C(O)c1ccc(C(F)(F)F)cc1. The van der Waals surface area contributed by atoms with E-state index >= 15 is 0 Å². The topological polar surface area (TPSA) is 20.2 Å². The van der Waals surface area contributed by atoms with Crippen molar-refractivity contribution in [2.24, 2.45) is 0 Å². The fourth-order valence-corrected chi connectivity index (χ4v) is 2.30. The van der Waals surface area contributed by atoms with Crippen molar-refractivity contribution in [3.63, 3.8) is 0 Å². The summed E-state index contributed by atoms with van der Waals surface area (Å²) in [4.78, 5) is 0. The summed E-state index contributed by atoms with van der Waals surface area (Å²) in [6.45, 7) is 3.73. The maximum Gasteiger partial charge on any atom is 0.416 e. The first-order valence-corrected chi connectivity index (χ1v) is 6.63. The number of hydrogen-bond acceptors (Lipinski definition) is 1. The Hall–Kier alpha value is -1.81. The predicted octanol–water partition coefficient (Wildman–Crippen LogP) is 4.72. The van der Waals surface area contributed by atoms with E-state index in [4.69, 9.17) is 0 Å². The summed E-state index contributed by atoms with van der Waals surface area (Å²) in [7, 11) is 0. The first kappa shape index (κ1) is 15.6. The summed E-state index contributed by atoms with van der Waals surface area (Å²) >= 11 is 0. The molecule has 0 amide bonds. The normalized spacial score (nSPS) is 14.0. The molecule has 1 unspecified atom stereocenters. The Morgan fingerprint density at radius 2 is 1.33 bits per heavy atom. The molecule has 0 heterocycles. The average Bonchev–Trinajstić information content (AvgIpc) is 2.46. The number of halogens is 3. The van der Waals surface area contributed by atoms with E-state index < -0.39 is 23.3 Å². The fraction of sp³-hybridized carbons (Fsp3) is 0.294. The van der Waals surface area contributed by atoms with Crippen LogP contribution in [0.3, 0.4) is 0 Å². The lowest BCUT2D eigenvalue weighted by atomic mass is 9.76. The molecular weight excluding hydrogens is 277 g/mol. The van der Waals surface area contributed by atoms with E-state index in [0.29, 0.717) is 5.56 Å². The van der Waals surface area contributed by atoms with E-state index in [1.165, 1.54) is 12.1 Å². The molecule has 0 radical (unpaired) electrons. The third-order valence-electron chi connectivity index (χ3n) is 3.76. The van der Waals surface area contributed by atoms with Crippen molar-refractivity contribution in [2.45, 2.75) is 31.5 Å². The summed E-state index contributed by atoms with van der Waals surface area (Å²) in [5.41, 5.74) is 0.0892. The first-order valence-electron chi connectivity index (χ1n) is 6.63. The van der Waals surface area contributed by atoms with E-state index in [9.17, 15) is 18.3 Å². The zero-order valence-electron chi connectivity index (χ0n) is 11.9. The van der Waals surface area contributed by atoms with Crippen molar-refractivity contribution in [2.75, 3.05) is 0 Å². The zero-order chi connectivity index (χ0) is 15.7. The quantitative estimate of drug-likeness (QED) is 0.868. The molecule has 0 aliphatic carbocycles. The average molecular weight is 294 g/mol. The molecule has 0 saturated carbocycles. The van der Waals surface area contributed by atoms with Crippen LogP contribution in [0.2, 0.25) is 0 Å². The van der Waals surface area contributed by atoms with Gasteiger partial charge in [0.2, 0.25) is 0 Å². The minimum Gasteiger partial charge on any atom is -0.388 e. The van der Waals surface area contributed by atoms with Crippen molar-refractivity contribution in [3.8, 4) is 0 Å². The van der Waals surface area contributed by atoms with Gasteiger partial charge < -0.3 is 5.11 Å². The molecular formula is C17H17F3O. The van der Waals surface area contributed by atoms with Crippen LogP contribution >= 0.6 is 0 Å². The largest absolute Gasteiger partial charge is 0.416 e. The molecule has 0 aliphatic heterocycles. The molecule has 1 N–H and O–H groups in total. The van der Waals surface area contributed by atoms with Crippen LogP contribution in [0.15, 0.2) is 54.6 Å². The number of alkyl halides is 3. The predicted molar refractivity (Wildman–Crippen MR) is 75.9 cm³/mol. The van der Waals surface area contributed by atoms with Crippen LogP contribution in [0.4, 0.5) is 13.2 Å². The van der Waals surface area contributed by atoms with Gasteiger partial charge in [-0.05, 0) is 23.3 Å². The van der Waals surface area contributed by atoms with Gasteiger partial charge in [0, 0.05) is 5.41 Å². The van der Waals surface area contributed by atoms with Crippen LogP contribution in [0.25, 0.3) is 0 Å². The van der Waals surface area contributed by atoms with E-state index in [2.05, 4.69) is 0 Å². The van der Waals surface area contributed by atoms with Crippen molar-refractivity contribution < 1.29 is 18.3 Å². The molecule has 0 bridgehead atoms. The standard InChI is InChI=1S/C17H17F3O/c1-16(2,13-6-4-3-5-7-13)15(21)12-8-10-14(11-9-12)17(18,19)20/h3-11,15,21H,1-2H3. The summed E-state index contributed by atoms with van der Waals surface area (Å²) in [5, 5.41) is 10.5. The summed E-state index contributed by atoms with van der Waals surface area (Å²) < 4.78 is 37.7. The maximum absolute atomic E-state index is 12.6. The summed E-state index contributed by atoms with van der Waals surface area (Å²) in [5.74, 6) is 0. The Balaban J connectivity index is 2.29. The molecule has 2 aromatic carbocycles. The minimum absolute atomic E-state index is 0.469. The molecule has 4 heteroatoms. The molecule has 112 valence electrons. The van der Waals surface area contributed by atoms with Gasteiger partial charge in [0.15, 0.2) is 0 Å². The number of hydrogen-bond donors (Lipinski definition) is 1. The number of aliphatic hydroxyl groups excluding tert-OH is 1. The molecule has 0 fully saturated rings. The van der Waals surface area contributed by atoms with E-state index in [1.54, 1.807) is 0 Å². The van der Waals surface area contributed by atoms with Gasteiger partial charge in [0.05, 0.1) is 11.7 Å². The Bertz CT molecular complexity index is 586.